The van der Waals surface area contributed by atoms with E-state index in [1.807, 2.05) is 0 Å². The van der Waals surface area contributed by atoms with E-state index in [9.17, 15) is 0 Å². The number of unbranched alkanes of at least 4 members (excludes halogenated alkanes) is 2. The summed E-state index contributed by atoms with van der Waals surface area (Å²) >= 11 is 0. The van der Waals surface area contributed by atoms with Gasteiger partial charge >= 0.3 is 0 Å². The Morgan fingerprint density at radius 1 is 0.846 bits per heavy atom. The minimum atomic E-state index is 1.09. The molecule has 0 nitrogen and oxygen atoms in total. The summed E-state index contributed by atoms with van der Waals surface area (Å²) in [4.78, 5) is 0. The van der Waals surface area contributed by atoms with Crippen molar-refractivity contribution in [3.05, 3.63) is 0 Å². The van der Waals surface area contributed by atoms with E-state index in [0.717, 1.165) is 5.92 Å². The maximum Gasteiger partial charge on any atom is -0.0414 e. The third-order valence-corrected chi connectivity index (χ3v) is 3.44. The molecule has 0 N–H and O–H groups in total. The van der Waals surface area contributed by atoms with E-state index in [1.54, 1.807) is 0 Å². The lowest BCUT2D eigenvalue weighted by Crippen LogP contribution is -2.03. The molecule has 78 valence electrons. The summed E-state index contributed by atoms with van der Waals surface area (Å²) in [6, 6.07) is 0. The fourth-order valence-electron chi connectivity index (χ4n) is 2.51. The molecule has 0 heterocycles. The summed E-state index contributed by atoms with van der Waals surface area (Å²) in [7, 11) is 0. The first-order valence-electron chi connectivity index (χ1n) is 6.43. The summed E-state index contributed by atoms with van der Waals surface area (Å²) < 4.78 is 0. The van der Waals surface area contributed by atoms with Gasteiger partial charge in [-0.25, -0.2) is 0 Å². The highest BCUT2D eigenvalue weighted by Crippen LogP contribution is 2.26. The smallest absolute Gasteiger partial charge is 0.0414 e. The molecule has 1 rings (SSSR count). The van der Waals surface area contributed by atoms with Crippen molar-refractivity contribution in [3.63, 3.8) is 0 Å². The van der Waals surface area contributed by atoms with Gasteiger partial charge in [-0.3, -0.25) is 0 Å². The molecule has 1 aliphatic rings. The van der Waals surface area contributed by atoms with Crippen molar-refractivity contribution in [1.82, 2.24) is 0 Å². The Balaban J connectivity index is 2.06. The number of rotatable bonds is 4. The Hall–Kier alpha value is 0. The Bertz CT molecular complexity index is 98.6. The van der Waals surface area contributed by atoms with E-state index in [1.165, 1.54) is 70.6 Å². The van der Waals surface area contributed by atoms with Crippen LogP contribution in [0.25, 0.3) is 0 Å². The minimum Gasteiger partial charge on any atom is -0.0654 e. The van der Waals surface area contributed by atoms with E-state index in [2.05, 4.69) is 6.92 Å². The molecular formula is C13H26. The van der Waals surface area contributed by atoms with Crippen LogP contribution in [0.4, 0.5) is 0 Å². The molecule has 0 heteroatoms. The summed E-state index contributed by atoms with van der Waals surface area (Å²) in [6.45, 7) is 2.30. The van der Waals surface area contributed by atoms with Gasteiger partial charge in [-0.1, -0.05) is 77.6 Å². The zero-order valence-corrected chi connectivity index (χ0v) is 9.36. The van der Waals surface area contributed by atoms with Crippen molar-refractivity contribution in [2.45, 2.75) is 77.6 Å². The molecule has 0 bridgehead atoms. The topological polar surface area (TPSA) is 0 Å². The molecule has 0 aromatic heterocycles. The van der Waals surface area contributed by atoms with Crippen molar-refractivity contribution < 1.29 is 0 Å². The van der Waals surface area contributed by atoms with Crippen LogP contribution in [0.15, 0.2) is 0 Å². The average molecular weight is 182 g/mol. The normalized spacial score (nSPS) is 21.0. The molecule has 0 atom stereocenters. The Morgan fingerprint density at radius 3 is 2.08 bits per heavy atom. The minimum absolute atomic E-state index is 1.09. The van der Waals surface area contributed by atoms with E-state index in [4.69, 9.17) is 0 Å². The Kier molecular flexibility index (Phi) is 6.31. The van der Waals surface area contributed by atoms with Crippen LogP contribution >= 0.6 is 0 Å². The standard InChI is InChI=1S/C13H26/c1-2-3-7-10-13-11-8-5-4-6-9-12-13/h13H,2-12H2,1H3. The van der Waals surface area contributed by atoms with E-state index in [-0.39, 0.29) is 0 Å². The second-order valence-electron chi connectivity index (χ2n) is 4.71. The third-order valence-electron chi connectivity index (χ3n) is 3.44. The molecule has 0 aromatic rings. The lowest BCUT2D eigenvalue weighted by atomic mass is 9.87. The van der Waals surface area contributed by atoms with Crippen molar-refractivity contribution >= 4 is 0 Å². The zero-order valence-electron chi connectivity index (χ0n) is 9.36. The summed E-state index contributed by atoms with van der Waals surface area (Å²) in [5, 5.41) is 0. The molecule has 1 saturated carbocycles. The monoisotopic (exact) mass is 182 g/mol. The number of hydrogen-bond acceptors (Lipinski definition) is 0. The van der Waals surface area contributed by atoms with Crippen molar-refractivity contribution in [2.24, 2.45) is 5.92 Å². The quantitative estimate of drug-likeness (QED) is 0.541. The van der Waals surface area contributed by atoms with Gasteiger partial charge in [-0.15, -0.1) is 0 Å². The summed E-state index contributed by atoms with van der Waals surface area (Å²) in [5.41, 5.74) is 0. The summed E-state index contributed by atoms with van der Waals surface area (Å²) in [5.74, 6) is 1.09. The van der Waals surface area contributed by atoms with Crippen LogP contribution in [-0.2, 0) is 0 Å². The van der Waals surface area contributed by atoms with Gasteiger partial charge in [0, 0.05) is 0 Å². The second kappa shape index (κ2) is 7.41. The fourth-order valence-corrected chi connectivity index (χ4v) is 2.51. The lowest BCUT2D eigenvalue weighted by Gasteiger charge is -2.19. The first kappa shape index (κ1) is 11.1. The third kappa shape index (κ3) is 5.33. The van der Waals surface area contributed by atoms with Crippen molar-refractivity contribution in [3.8, 4) is 0 Å². The van der Waals surface area contributed by atoms with Crippen LogP contribution in [0, 0.1) is 5.92 Å². The van der Waals surface area contributed by atoms with Gasteiger partial charge in [0.25, 0.3) is 0 Å². The van der Waals surface area contributed by atoms with Crippen LogP contribution in [0.1, 0.15) is 77.6 Å². The van der Waals surface area contributed by atoms with Crippen LogP contribution in [0.3, 0.4) is 0 Å². The largest absolute Gasteiger partial charge is 0.0654 e. The van der Waals surface area contributed by atoms with Crippen LogP contribution < -0.4 is 0 Å². The van der Waals surface area contributed by atoms with Crippen LogP contribution in [0.2, 0.25) is 0 Å². The predicted molar refractivity (Wildman–Crippen MR) is 60.0 cm³/mol. The average Bonchev–Trinajstić information content (AvgIpc) is 2.08. The molecule has 13 heavy (non-hydrogen) atoms. The highest BCUT2D eigenvalue weighted by Gasteiger charge is 2.10. The highest BCUT2D eigenvalue weighted by atomic mass is 14.2. The van der Waals surface area contributed by atoms with Crippen molar-refractivity contribution in [2.75, 3.05) is 0 Å². The first-order chi connectivity index (χ1) is 6.43. The van der Waals surface area contributed by atoms with Gasteiger partial charge in [0.1, 0.15) is 0 Å². The van der Waals surface area contributed by atoms with Gasteiger partial charge in [-0.2, -0.15) is 0 Å². The molecule has 0 saturated heterocycles. The maximum atomic E-state index is 2.30. The Labute approximate surface area is 84.1 Å². The van der Waals surface area contributed by atoms with Gasteiger partial charge < -0.3 is 0 Å². The molecule has 1 aliphatic carbocycles. The van der Waals surface area contributed by atoms with Crippen LogP contribution in [0.5, 0.6) is 0 Å². The predicted octanol–water partition coefficient (Wildman–Crippen LogP) is 4.93. The van der Waals surface area contributed by atoms with Gasteiger partial charge in [0.2, 0.25) is 0 Å². The SMILES string of the molecule is CCCCCC1CCCCCCC1. The van der Waals surface area contributed by atoms with Crippen molar-refractivity contribution in [1.29, 1.82) is 0 Å². The fraction of sp³-hybridized carbons (Fsp3) is 1.00. The second-order valence-corrected chi connectivity index (χ2v) is 4.71. The first-order valence-corrected chi connectivity index (χ1v) is 6.43. The highest BCUT2D eigenvalue weighted by molar-refractivity contribution is 4.63. The van der Waals surface area contributed by atoms with Gasteiger partial charge in [0.05, 0.1) is 0 Å². The molecule has 0 aromatic carbocycles. The molecule has 0 spiro atoms. The van der Waals surface area contributed by atoms with Gasteiger partial charge in [0.15, 0.2) is 0 Å². The van der Waals surface area contributed by atoms with Gasteiger partial charge in [-0.05, 0) is 5.92 Å². The maximum absolute atomic E-state index is 2.30. The lowest BCUT2D eigenvalue weighted by molar-refractivity contribution is 0.348. The summed E-state index contributed by atoms with van der Waals surface area (Å²) in [6.07, 6.45) is 16.4. The van der Waals surface area contributed by atoms with E-state index in [0.29, 0.717) is 0 Å². The molecule has 0 aliphatic heterocycles. The van der Waals surface area contributed by atoms with E-state index >= 15 is 0 Å². The molecule has 1 fully saturated rings. The molecular weight excluding hydrogens is 156 g/mol. The zero-order chi connectivity index (χ0) is 9.36. The molecule has 0 radical (unpaired) electrons. The van der Waals surface area contributed by atoms with E-state index < -0.39 is 0 Å². The molecule has 0 unspecified atom stereocenters. The molecule has 0 amide bonds. The number of hydrogen-bond donors (Lipinski definition) is 0. The Morgan fingerprint density at radius 2 is 1.46 bits per heavy atom. The van der Waals surface area contributed by atoms with Crippen LogP contribution in [-0.4, -0.2) is 0 Å².